The molecule has 0 unspecified atom stereocenters. The van der Waals surface area contributed by atoms with Crippen molar-refractivity contribution >= 4 is 5.91 Å². The minimum absolute atomic E-state index is 0.0774. The van der Waals surface area contributed by atoms with Crippen molar-refractivity contribution < 1.29 is 14.6 Å². The fraction of sp³-hybridized carbons (Fsp3) is 0.812. The van der Waals surface area contributed by atoms with Crippen molar-refractivity contribution in [1.29, 1.82) is 0 Å². The van der Waals surface area contributed by atoms with Crippen molar-refractivity contribution in [2.24, 2.45) is 17.3 Å². The molecule has 2 aliphatic rings. The number of aliphatic hydroxyl groups is 1. The Kier molecular flexibility index (Phi) is 5.22. The Morgan fingerprint density at radius 3 is 2.65 bits per heavy atom. The molecule has 1 aliphatic carbocycles. The van der Waals surface area contributed by atoms with Crippen LogP contribution in [0.15, 0.2) is 12.2 Å². The summed E-state index contributed by atoms with van der Waals surface area (Å²) in [6.07, 6.45) is 7.86. The number of amides is 1. The van der Waals surface area contributed by atoms with E-state index in [0.717, 1.165) is 38.9 Å². The maximum Gasteiger partial charge on any atom is 0.226 e. The van der Waals surface area contributed by atoms with E-state index in [1.165, 1.54) is 0 Å². The highest BCUT2D eigenvalue weighted by atomic mass is 16.5. The fourth-order valence-corrected chi connectivity index (χ4v) is 3.15. The van der Waals surface area contributed by atoms with Crippen molar-refractivity contribution in [3.63, 3.8) is 0 Å². The number of aliphatic hydroxyl groups excluding tert-OH is 1. The zero-order chi connectivity index (χ0) is 14.6. The second-order valence-electron chi connectivity index (χ2n) is 6.79. The molecule has 1 saturated heterocycles. The molecule has 0 radical (unpaired) electrons. The normalized spacial score (nSPS) is 27.8. The molecule has 0 aromatic heterocycles. The van der Waals surface area contributed by atoms with E-state index in [-0.39, 0.29) is 29.9 Å². The lowest BCUT2D eigenvalue weighted by atomic mass is 9.79. The molecule has 20 heavy (non-hydrogen) atoms. The summed E-state index contributed by atoms with van der Waals surface area (Å²) >= 11 is 0. The number of ether oxygens (including phenoxy) is 1. The summed E-state index contributed by atoms with van der Waals surface area (Å²) in [5.41, 5.74) is -0.340. The quantitative estimate of drug-likeness (QED) is 0.757. The minimum atomic E-state index is -0.340. The molecule has 1 heterocycles. The first-order valence-corrected chi connectivity index (χ1v) is 7.69. The summed E-state index contributed by atoms with van der Waals surface area (Å²) in [4.78, 5) is 12.5. The van der Waals surface area contributed by atoms with E-state index < -0.39 is 0 Å². The molecule has 114 valence electrons. The SMILES string of the molecule is CC(C)(CC1CCOCC1)C(=O)N[C@@H]1C=C[C@H](CO)C1. The van der Waals surface area contributed by atoms with Gasteiger partial charge in [0.05, 0.1) is 0 Å². The van der Waals surface area contributed by atoms with Crippen LogP contribution >= 0.6 is 0 Å². The Bertz CT molecular complexity index is 359. The van der Waals surface area contributed by atoms with Crippen LogP contribution in [0, 0.1) is 17.3 Å². The molecule has 4 nitrogen and oxygen atoms in total. The summed E-state index contributed by atoms with van der Waals surface area (Å²) in [5.74, 6) is 0.907. The average Bonchev–Trinajstić information content (AvgIpc) is 2.87. The van der Waals surface area contributed by atoms with Gasteiger partial charge in [-0.3, -0.25) is 4.79 Å². The predicted octanol–water partition coefficient (Wildman–Crippen LogP) is 1.88. The fourth-order valence-electron chi connectivity index (χ4n) is 3.15. The van der Waals surface area contributed by atoms with Gasteiger partial charge in [-0.05, 0) is 31.6 Å². The Labute approximate surface area is 121 Å². The summed E-state index contributed by atoms with van der Waals surface area (Å²) in [5, 5.41) is 12.2. The van der Waals surface area contributed by atoms with E-state index in [1.807, 2.05) is 26.0 Å². The number of hydrogen-bond acceptors (Lipinski definition) is 3. The molecule has 4 heteroatoms. The van der Waals surface area contributed by atoms with Crippen LogP contribution in [0.5, 0.6) is 0 Å². The first-order chi connectivity index (χ1) is 9.51. The van der Waals surface area contributed by atoms with Crippen molar-refractivity contribution in [1.82, 2.24) is 5.32 Å². The van der Waals surface area contributed by atoms with Gasteiger partial charge in [0.1, 0.15) is 0 Å². The third-order valence-electron chi connectivity index (χ3n) is 4.48. The van der Waals surface area contributed by atoms with E-state index in [0.29, 0.717) is 5.92 Å². The standard InChI is InChI=1S/C16H27NO3/c1-16(2,10-12-5-7-20-8-6-12)15(19)17-14-4-3-13(9-14)11-18/h3-4,12-14,18H,5-11H2,1-2H3,(H,17,19)/t13-,14+/m0/s1. The average molecular weight is 281 g/mol. The zero-order valence-corrected chi connectivity index (χ0v) is 12.6. The maximum atomic E-state index is 12.5. The maximum absolute atomic E-state index is 12.5. The van der Waals surface area contributed by atoms with Gasteiger partial charge in [-0.25, -0.2) is 0 Å². The van der Waals surface area contributed by atoms with Crippen LogP contribution in [0.4, 0.5) is 0 Å². The molecule has 1 aliphatic heterocycles. The number of rotatable bonds is 5. The van der Waals surface area contributed by atoms with Gasteiger partial charge in [0.2, 0.25) is 5.91 Å². The van der Waals surface area contributed by atoms with Crippen LogP contribution in [-0.2, 0) is 9.53 Å². The van der Waals surface area contributed by atoms with Gasteiger partial charge in [-0.1, -0.05) is 26.0 Å². The molecular weight excluding hydrogens is 254 g/mol. The first-order valence-electron chi connectivity index (χ1n) is 7.69. The van der Waals surface area contributed by atoms with E-state index in [2.05, 4.69) is 5.32 Å². The van der Waals surface area contributed by atoms with Crippen LogP contribution in [0.3, 0.4) is 0 Å². The lowest BCUT2D eigenvalue weighted by Gasteiger charge is -2.31. The monoisotopic (exact) mass is 281 g/mol. The number of carbonyl (C=O) groups is 1. The van der Waals surface area contributed by atoms with Gasteiger partial charge >= 0.3 is 0 Å². The Hall–Kier alpha value is -0.870. The van der Waals surface area contributed by atoms with Crippen molar-refractivity contribution in [2.75, 3.05) is 19.8 Å². The predicted molar refractivity (Wildman–Crippen MR) is 78.2 cm³/mol. The molecule has 2 rings (SSSR count). The van der Waals surface area contributed by atoms with Crippen molar-refractivity contribution in [2.45, 2.75) is 45.6 Å². The molecule has 0 saturated carbocycles. The zero-order valence-electron chi connectivity index (χ0n) is 12.6. The van der Waals surface area contributed by atoms with Crippen LogP contribution in [0.1, 0.15) is 39.5 Å². The number of carbonyl (C=O) groups excluding carboxylic acids is 1. The third kappa shape index (κ3) is 4.06. The molecule has 0 spiro atoms. The summed E-state index contributed by atoms with van der Waals surface area (Å²) in [6, 6.07) is 0.0774. The second-order valence-corrected chi connectivity index (χ2v) is 6.79. The lowest BCUT2D eigenvalue weighted by molar-refractivity contribution is -0.131. The van der Waals surface area contributed by atoms with E-state index in [9.17, 15) is 4.79 Å². The van der Waals surface area contributed by atoms with E-state index in [1.54, 1.807) is 0 Å². The van der Waals surface area contributed by atoms with Gasteiger partial charge in [-0.15, -0.1) is 0 Å². The Morgan fingerprint density at radius 1 is 1.35 bits per heavy atom. The highest BCUT2D eigenvalue weighted by molar-refractivity contribution is 5.82. The van der Waals surface area contributed by atoms with Crippen LogP contribution in [0.2, 0.25) is 0 Å². The summed E-state index contributed by atoms with van der Waals surface area (Å²) in [6.45, 7) is 5.87. The van der Waals surface area contributed by atoms with E-state index >= 15 is 0 Å². The van der Waals surface area contributed by atoms with Crippen LogP contribution < -0.4 is 5.32 Å². The molecule has 0 aromatic carbocycles. The highest BCUT2D eigenvalue weighted by Crippen LogP contribution is 2.31. The topological polar surface area (TPSA) is 58.6 Å². The van der Waals surface area contributed by atoms with Crippen LogP contribution in [0.25, 0.3) is 0 Å². The molecule has 2 atom stereocenters. The third-order valence-corrected chi connectivity index (χ3v) is 4.48. The van der Waals surface area contributed by atoms with Gasteiger partial charge in [0.25, 0.3) is 0 Å². The highest BCUT2D eigenvalue weighted by Gasteiger charge is 2.33. The smallest absolute Gasteiger partial charge is 0.226 e. The lowest BCUT2D eigenvalue weighted by Crippen LogP contribution is -2.43. The molecule has 0 aromatic rings. The Balaban J connectivity index is 1.82. The molecule has 1 amide bonds. The summed E-state index contributed by atoms with van der Waals surface area (Å²) in [7, 11) is 0. The van der Waals surface area contributed by atoms with Gasteiger partial charge in [0.15, 0.2) is 0 Å². The summed E-state index contributed by atoms with van der Waals surface area (Å²) < 4.78 is 5.37. The van der Waals surface area contributed by atoms with Gasteiger partial charge in [0, 0.05) is 37.2 Å². The van der Waals surface area contributed by atoms with Crippen molar-refractivity contribution in [3.05, 3.63) is 12.2 Å². The largest absolute Gasteiger partial charge is 0.396 e. The molecule has 2 N–H and O–H groups in total. The number of hydrogen-bond donors (Lipinski definition) is 2. The van der Waals surface area contributed by atoms with Gasteiger partial charge in [-0.2, -0.15) is 0 Å². The Morgan fingerprint density at radius 2 is 2.05 bits per heavy atom. The van der Waals surface area contributed by atoms with Gasteiger partial charge < -0.3 is 15.2 Å². The van der Waals surface area contributed by atoms with E-state index in [4.69, 9.17) is 9.84 Å². The molecule has 1 fully saturated rings. The first kappa shape index (κ1) is 15.5. The second kappa shape index (κ2) is 6.72. The molecule has 0 bridgehead atoms. The molecular formula is C16H27NO3. The minimum Gasteiger partial charge on any atom is -0.396 e. The number of nitrogens with one attached hydrogen (secondary N) is 1. The van der Waals surface area contributed by atoms with Crippen molar-refractivity contribution in [3.8, 4) is 0 Å². The van der Waals surface area contributed by atoms with Crippen LogP contribution in [-0.4, -0.2) is 36.9 Å².